The number of rotatable bonds is 1. The van der Waals surface area contributed by atoms with E-state index in [0.717, 1.165) is 10.0 Å². The van der Waals surface area contributed by atoms with Crippen molar-refractivity contribution in [3.8, 4) is 0 Å². The second-order valence-electron chi connectivity index (χ2n) is 3.45. The maximum absolute atomic E-state index is 11.0. The van der Waals surface area contributed by atoms with Gasteiger partial charge in [0.15, 0.2) is 5.69 Å². The van der Waals surface area contributed by atoms with Crippen molar-refractivity contribution in [2.45, 2.75) is 6.92 Å². The van der Waals surface area contributed by atoms with Gasteiger partial charge in [-0.15, -0.1) is 10.2 Å². The van der Waals surface area contributed by atoms with Gasteiger partial charge in [0.25, 0.3) is 5.91 Å². The van der Waals surface area contributed by atoms with E-state index in [2.05, 4.69) is 26.1 Å². The van der Waals surface area contributed by atoms with Crippen LogP contribution in [0.3, 0.4) is 0 Å². The molecule has 16 heavy (non-hydrogen) atoms. The van der Waals surface area contributed by atoms with Crippen LogP contribution < -0.4 is 11.5 Å². The summed E-state index contributed by atoms with van der Waals surface area (Å²) in [5.41, 5.74) is 12.9. The molecule has 1 amide bonds. The summed E-state index contributed by atoms with van der Waals surface area (Å²) in [4.78, 5) is 11.0. The molecule has 1 aromatic heterocycles. The molecule has 0 unspecified atom stereocenters. The Hall–Kier alpha value is -1.69. The molecule has 0 bridgehead atoms. The third kappa shape index (κ3) is 1.61. The van der Waals surface area contributed by atoms with E-state index >= 15 is 0 Å². The lowest BCUT2D eigenvalue weighted by Crippen LogP contribution is -2.16. The van der Waals surface area contributed by atoms with Crippen molar-refractivity contribution in [2.75, 3.05) is 5.73 Å². The van der Waals surface area contributed by atoms with Gasteiger partial charge in [-0.3, -0.25) is 4.79 Å². The Morgan fingerprint density at radius 3 is 2.69 bits per heavy atom. The van der Waals surface area contributed by atoms with E-state index in [4.69, 9.17) is 11.5 Å². The maximum Gasteiger partial charge on any atom is 0.271 e. The van der Waals surface area contributed by atoms with E-state index in [1.165, 1.54) is 0 Å². The topological polar surface area (TPSA) is 94.9 Å². The monoisotopic (exact) mass is 280 g/mol. The molecule has 0 aliphatic rings. The molecule has 82 valence electrons. The highest BCUT2D eigenvalue weighted by Crippen LogP contribution is 2.27. The summed E-state index contributed by atoms with van der Waals surface area (Å²) in [6.07, 6.45) is 0. The molecule has 4 N–H and O–H groups in total. The lowest BCUT2D eigenvalue weighted by atomic mass is 10.1. The molecule has 0 radical (unpaired) electrons. The first-order valence-electron chi connectivity index (χ1n) is 4.52. The summed E-state index contributed by atoms with van der Waals surface area (Å²) in [7, 11) is 0. The minimum atomic E-state index is -0.677. The van der Waals surface area contributed by atoms with Crippen LogP contribution in [0.15, 0.2) is 16.6 Å². The Morgan fingerprint density at radius 1 is 1.38 bits per heavy atom. The maximum atomic E-state index is 11.0. The molecule has 0 fully saturated rings. The first kappa shape index (κ1) is 10.8. The van der Waals surface area contributed by atoms with Gasteiger partial charge in [-0.2, -0.15) is 0 Å². The van der Waals surface area contributed by atoms with E-state index in [9.17, 15) is 4.79 Å². The molecule has 0 saturated heterocycles. The van der Waals surface area contributed by atoms with Crippen LogP contribution in [0.5, 0.6) is 0 Å². The lowest BCUT2D eigenvalue weighted by molar-refractivity contribution is 0.0996. The number of aryl methyl sites for hydroxylation is 1. The molecule has 1 heterocycles. The Kier molecular flexibility index (Phi) is 2.51. The van der Waals surface area contributed by atoms with Crippen molar-refractivity contribution < 1.29 is 4.79 Å². The molecule has 5 nitrogen and oxygen atoms in total. The third-order valence-corrected chi connectivity index (χ3v) is 3.17. The molecule has 0 aliphatic carbocycles. The second kappa shape index (κ2) is 3.71. The predicted molar refractivity (Wildman–Crippen MR) is 64.9 cm³/mol. The number of nitrogens with two attached hydrogens (primary N) is 2. The summed E-state index contributed by atoms with van der Waals surface area (Å²) in [6, 6.07) is 3.65. The van der Waals surface area contributed by atoms with E-state index in [0.29, 0.717) is 10.9 Å². The first-order valence-corrected chi connectivity index (χ1v) is 5.32. The average Bonchev–Trinajstić information content (AvgIpc) is 2.21. The molecule has 2 rings (SSSR count). The van der Waals surface area contributed by atoms with Gasteiger partial charge in [0.1, 0.15) is 0 Å². The van der Waals surface area contributed by atoms with Crippen LogP contribution in [0.25, 0.3) is 10.9 Å². The van der Waals surface area contributed by atoms with E-state index < -0.39 is 5.91 Å². The highest BCUT2D eigenvalue weighted by Gasteiger charge is 2.13. The van der Waals surface area contributed by atoms with E-state index in [1.54, 1.807) is 6.07 Å². The van der Waals surface area contributed by atoms with Crippen molar-refractivity contribution in [1.29, 1.82) is 0 Å². The zero-order chi connectivity index (χ0) is 11.9. The summed E-state index contributed by atoms with van der Waals surface area (Å²) in [5, 5.41) is 8.29. The first-order chi connectivity index (χ1) is 7.50. The number of halogens is 1. The Balaban J connectivity index is 2.84. The summed E-state index contributed by atoms with van der Waals surface area (Å²) in [5.74, 6) is -0.677. The molecule has 2 aromatic rings. The van der Waals surface area contributed by atoms with Gasteiger partial charge < -0.3 is 11.5 Å². The zero-order valence-corrected chi connectivity index (χ0v) is 10.1. The minimum absolute atomic E-state index is 0.00301. The number of nitrogen functional groups attached to an aromatic ring is 1. The lowest BCUT2D eigenvalue weighted by Gasteiger charge is -2.06. The van der Waals surface area contributed by atoms with E-state index in [1.807, 2.05) is 13.0 Å². The molecular weight excluding hydrogens is 272 g/mol. The predicted octanol–water partition coefficient (Wildman–Crippen LogP) is 1.38. The van der Waals surface area contributed by atoms with Crippen LogP contribution in [-0.2, 0) is 0 Å². The van der Waals surface area contributed by atoms with Crippen LogP contribution >= 0.6 is 15.9 Å². The second-order valence-corrected chi connectivity index (χ2v) is 4.30. The van der Waals surface area contributed by atoms with Gasteiger partial charge in [0, 0.05) is 9.86 Å². The number of anilines is 1. The van der Waals surface area contributed by atoms with Gasteiger partial charge in [-0.1, -0.05) is 15.9 Å². The number of nitrogens with zero attached hydrogens (tertiary/aromatic N) is 2. The highest BCUT2D eigenvalue weighted by molar-refractivity contribution is 9.10. The van der Waals surface area contributed by atoms with Crippen molar-refractivity contribution in [2.24, 2.45) is 5.73 Å². The largest absolute Gasteiger partial charge is 0.396 e. The number of amides is 1. The number of hydrogen-bond acceptors (Lipinski definition) is 4. The van der Waals surface area contributed by atoms with Crippen LogP contribution in [-0.4, -0.2) is 16.1 Å². The molecule has 0 spiro atoms. The third-order valence-electron chi connectivity index (χ3n) is 2.31. The molecule has 0 atom stereocenters. The van der Waals surface area contributed by atoms with Gasteiger partial charge in [-0.25, -0.2) is 0 Å². The summed E-state index contributed by atoms with van der Waals surface area (Å²) < 4.78 is 0.898. The minimum Gasteiger partial charge on any atom is -0.396 e. The molecule has 1 aromatic carbocycles. The molecule has 0 saturated carbocycles. The zero-order valence-electron chi connectivity index (χ0n) is 8.49. The average molecular weight is 281 g/mol. The van der Waals surface area contributed by atoms with Crippen molar-refractivity contribution in [3.05, 3.63) is 27.9 Å². The summed E-state index contributed by atoms with van der Waals surface area (Å²) >= 11 is 3.39. The van der Waals surface area contributed by atoms with Crippen molar-refractivity contribution in [1.82, 2.24) is 10.2 Å². The normalized spacial score (nSPS) is 10.6. The quantitative estimate of drug-likeness (QED) is 0.825. The van der Waals surface area contributed by atoms with Gasteiger partial charge >= 0.3 is 0 Å². The van der Waals surface area contributed by atoms with Crippen LogP contribution in [0.1, 0.15) is 16.1 Å². The Morgan fingerprint density at radius 2 is 2.06 bits per heavy atom. The molecule has 6 heteroatoms. The number of aromatic nitrogens is 2. The van der Waals surface area contributed by atoms with Crippen LogP contribution in [0.2, 0.25) is 0 Å². The van der Waals surface area contributed by atoms with Gasteiger partial charge in [0.05, 0.1) is 11.2 Å². The Labute approximate surface area is 100.0 Å². The number of carbonyl (C=O) groups is 1. The molecule has 0 aliphatic heterocycles. The number of hydrogen-bond donors (Lipinski definition) is 2. The fourth-order valence-electron chi connectivity index (χ4n) is 1.43. The number of carbonyl (C=O) groups excluding carboxylic acids is 1. The van der Waals surface area contributed by atoms with Crippen molar-refractivity contribution in [3.63, 3.8) is 0 Å². The standard InChI is InChI=1S/C10H9BrN4O/c1-4-2-7-5(3-6(4)11)8(12)9(10(13)16)15-14-7/h2-3H,1H3,(H2,12,14)(H2,13,16). The van der Waals surface area contributed by atoms with Crippen molar-refractivity contribution >= 4 is 38.4 Å². The number of benzene rings is 1. The Bertz CT molecular complexity index is 597. The fraction of sp³-hybridized carbons (Fsp3) is 0.100. The SMILES string of the molecule is Cc1cc2nnc(C(N)=O)c(N)c2cc1Br. The number of primary amides is 1. The van der Waals surface area contributed by atoms with Gasteiger partial charge in [0.2, 0.25) is 0 Å². The van der Waals surface area contributed by atoms with Crippen LogP contribution in [0, 0.1) is 6.92 Å². The highest BCUT2D eigenvalue weighted by atomic mass is 79.9. The number of fused-ring (bicyclic) bond motifs is 1. The smallest absolute Gasteiger partial charge is 0.271 e. The molecular formula is C10H9BrN4O. The summed E-state index contributed by atoms with van der Waals surface area (Å²) in [6.45, 7) is 1.93. The van der Waals surface area contributed by atoms with E-state index in [-0.39, 0.29) is 11.4 Å². The van der Waals surface area contributed by atoms with Crippen LogP contribution in [0.4, 0.5) is 5.69 Å². The van der Waals surface area contributed by atoms with Gasteiger partial charge in [-0.05, 0) is 24.6 Å². The fourth-order valence-corrected chi connectivity index (χ4v) is 1.78.